The van der Waals surface area contributed by atoms with Crippen molar-refractivity contribution in [1.82, 2.24) is 14.6 Å². The lowest BCUT2D eigenvalue weighted by molar-refractivity contribution is 0.315. The van der Waals surface area contributed by atoms with Crippen molar-refractivity contribution in [1.29, 1.82) is 0 Å². The highest BCUT2D eigenvalue weighted by Gasteiger charge is 2.03. The molecule has 0 radical (unpaired) electrons. The maximum absolute atomic E-state index is 5.67. The molecule has 0 saturated heterocycles. The van der Waals surface area contributed by atoms with Crippen LogP contribution in [0.5, 0.6) is 5.75 Å². The van der Waals surface area contributed by atoms with Crippen molar-refractivity contribution in [3.05, 3.63) is 54.4 Å². The molecule has 3 aromatic rings. The Morgan fingerprint density at radius 3 is 2.90 bits per heavy atom. The summed E-state index contributed by atoms with van der Waals surface area (Å²) in [5, 5.41) is 7.60. The molecular formula is C16H18N4O. The second-order valence-corrected chi connectivity index (χ2v) is 4.89. The van der Waals surface area contributed by atoms with Crippen molar-refractivity contribution in [2.75, 3.05) is 18.5 Å². The molecule has 0 atom stereocenters. The third-order valence-electron chi connectivity index (χ3n) is 3.16. The van der Waals surface area contributed by atoms with E-state index >= 15 is 0 Å². The zero-order valence-corrected chi connectivity index (χ0v) is 12.0. The second kappa shape index (κ2) is 6.26. The lowest BCUT2D eigenvalue weighted by atomic mass is 10.3. The molecule has 0 saturated carbocycles. The van der Waals surface area contributed by atoms with Crippen molar-refractivity contribution < 1.29 is 4.74 Å². The average Bonchev–Trinajstić information content (AvgIpc) is 2.96. The van der Waals surface area contributed by atoms with Gasteiger partial charge in [-0.2, -0.15) is 9.61 Å². The molecule has 0 fully saturated rings. The van der Waals surface area contributed by atoms with Crippen LogP contribution in [-0.2, 0) is 0 Å². The summed E-state index contributed by atoms with van der Waals surface area (Å²) < 4.78 is 7.48. The Balaban J connectivity index is 1.52. The summed E-state index contributed by atoms with van der Waals surface area (Å²) in [5.41, 5.74) is 2.02. The van der Waals surface area contributed by atoms with Crippen LogP contribution in [0.4, 0.5) is 5.82 Å². The molecule has 1 aromatic carbocycles. The number of aromatic nitrogens is 3. The molecule has 2 heterocycles. The number of nitrogens with zero attached hydrogens (tertiary/aromatic N) is 3. The zero-order chi connectivity index (χ0) is 14.5. The van der Waals surface area contributed by atoms with E-state index in [2.05, 4.69) is 28.4 Å². The van der Waals surface area contributed by atoms with Gasteiger partial charge in [0.05, 0.1) is 6.61 Å². The van der Waals surface area contributed by atoms with Gasteiger partial charge in [0.25, 0.3) is 0 Å². The van der Waals surface area contributed by atoms with E-state index in [-0.39, 0.29) is 0 Å². The van der Waals surface area contributed by atoms with Crippen molar-refractivity contribution in [2.24, 2.45) is 0 Å². The Bertz CT molecular complexity index is 709. The molecule has 0 unspecified atom stereocenters. The monoisotopic (exact) mass is 282 g/mol. The van der Waals surface area contributed by atoms with Crippen molar-refractivity contribution in [3.8, 4) is 5.75 Å². The number of anilines is 1. The number of hydrogen-bond acceptors (Lipinski definition) is 4. The summed E-state index contributed by atoms with van der Waals surface area (Å²) in [5.74, 6) is 1.87. The first kappa shape index (κ1) is 13.4. The number of para-hydroxylation sites is 1. The van der Waals surface area contributed by atoms with Crippen molar-refractivity contribution >= 4 is 11.5 Å². The lowest BCUT2D eigenvalue weighted by Gasteiger charge is -2.10. The maximum atomic E-state index is 5.67. The molecule has 5 nitrogen and oxygen atoms in total. The molecule has 3 rings (SSSR count). The minimum Gasteiger partial charge on any atom is -0.494 e. The molecule has 2 aromatic heterocycles. The number of benzene rings is 1. The van der Waals surface area contributed by atoms with Crippen LogP contribution < -0.4 is 10.1 Å². The number of pyridine rings is 1. The van der Waals surface area contributed by atoms with Gasteiger partial charge in [-0.25, -0.2) is 4.98 Å². The number of aryl methyl sites for hydroxylation is 1. The van der Waals surface area contributed by atoms with E-state index in [0.29, 0.717) is 6.61 Å². The number of hydrogen-bond donors (Lipinski definition) is 1. The van der Waals surface area contributed by atoms with Gasteiger partial charge >= 0.3 is 0 Å². The Hall–Kier alpha value is -2.56. The smallest absolute Gasteiger partial charge is 0.157 e. The second-order valence-electron chi connectivity index (χ2n) is 4.89. The van der Waals surface area contributed by atoms with E-state index in [0.717, 1.165) is 30.2 Å². The molecule has 0 amide bonds. The molecule has 0 aliphatic heterocycles. The highest BCUT2D eigenvalue weighted by molar-refractivity contribution is 5.51. The number of fused-ring (bicyclic) bond motifs is 1. The molecule has 0 bridgehead atoms. The molecule has 0 spiro atoms. The van der Waals surface area contributed by atoms with Crippen LogP contribution in [0.3, 0.4) is 0 Å². The first-order valence-corrected chi connectivity index (χ1v) is 7.05. The van der Waals surface area contributed by atoms with Crippen LogP contribution in [0.2, 0.25) is 0 Å². The van der Waals surface area contributed by atoms with Gasteiger partial charge in [-0.3, -0.25) is 0 Å². The topological polar surface area (TPSA) is 51.5 Å². The van der Waals surface area contributed by atoms with Crippen LogP contribution >= 0.6 is 0 Å². The van der Waals surface area contributed by atoms with Gasteiger partial charge in [0.1, 0.15) is 17.9 Å². The highest BCUT2D eigenvalue weighted by Crippen LogP contribution is 2.13. The summed E-state index contributed by atoms with van der Waals surface area (Å²) in [7, 11) is 0. The van der Waals surface area contributed by atoms with Crippen LogP contribution in [-0.4, -0.2) is 27.7 Å². The average molecular weight is 282 g/mol. The molecule has 21 heavy (non-hydrogen) atoms. The van der Waals surface area contributed by atoms with Crippen LogP contribution in [0.25, 0.3) is 5.65 Å². The van der Waals surface area contributed by atoms with Gasteiger partial charge in [0.2, 0.25) is 0 Å². The lowest BCUT2D eigenvalue weighted by Crippen LogP contribution is -2.10. The molecule has 108 valence electrons. The minimum absolute atomic E-state index is 0.684. The van der Waals surface area contributed by atoms with Crippen molar-refractivity contribution in [2.45, 2.75) is 13.3 Å². The van der Waals surface area contributed by atoms with E-state index in [9.17, 15) is 0 Å². The minimum atomic E-state index is 0.684. The maximum Gasteiger partial charge on any atom is 0.157 e. The van der Waals surface area contributed by atoms with E-state index < -0.39 is 0 Å². The highest BCUT2D eigenvalue weighted by atomic mass is 16.5. The van der Waals surface area contributed by atoms with E-state index in [4.69, 9.17) is 4.74 Å². The Morgan fingerprint density at radius 2 is 2.05 bits per heavy atom. The van der Waals surface area contributed by atoms with Gasteiger partial charge in [-0.1, -0.05) is 18.2 Å². The van der Waals surface area contributed by atoms with Gasteiger partial charge in [0.15, 0.2) is 5.65 Å². The van der Waals surface area contributed by atoms with Crippen LogP contribution in [0, 0.1) is 6.92 Å². The largest absolute Gasteiger partial charge is 0.494 e. The fourth-order valence-electron chi connectivity index (χ4n) is 2.18. The third kappa shape index (κ3) is 3.31. The molecular weight excluding hydrogens is 264 g/mol. The molecule has 0 aliphatic carbocycles. The summed E-state index contributed by atoms with van der Waals surface area (Å²) in [4.78, 5) is 4.21. The summed E-state index contributed by atoms with van der Waals surface area (Å²) in [6, 6.07) is 13.9. The quantitative estimate of drug-likeness (QED) is 0.706. The fourth-order valence-corrected chi connectivity index (χ4v) is 2.18. The number of rotatable bonds is 6. The first-order chi connectivity index (χ1) is 10.3. The Morgan fingerprint density at radius 1 is 1.19 bits per heavy atom. The molecule has 5 heteroatoms. The first-order valence-electron chi connectivity index (χ1n) is 7.05. The fraction of sp³-hybridized carbons (Fsp3) is 0.250. The molecule has 0 aliphatic rings. The summed E-state index contributed by atoms with van der Waals surface area (Å²) >= 11 is 0. The summed E-state index contributed by atoms with van der Waals surface area (Å²) in [6.07, 6.45) is 2.48. The van der Waals surface area contributed by atoms with Crippen LogP contribution in [0.1, 0.15) is 12.0 Å². The van der Waals surface area contributed by atoms with Gasteiger partial charge < -0.3 is 10.1 Å². The number of ether oxygens (including phenoxy) is 1. The third-order valence-corrected chi connectivity index (χ3v) is 3.16. The van der Waals surface area contributed by atoms with E-state index in [1.807, 2.05) is 40.9 Å². The Kier molecular flexibility index (Phi) is 4.00. The van der Waals surface area contributed by atoms with E-state index in [1.165, 1.54) is 5.56 Å². The predicted molar refractivity (Wildman–Crippen MR) is 82.8 cm³/mol. The van der Waals surface area contributed by atoms with Gasteiger partial charge in [-0.05, 0) is 43.2 Å². The van der Waals surface area contributed by atoms with Crippen molar-refractivity contribution in [3.63, 3.8) is 0 Å². The molecule has 1 N–H and O–H groups in total. The summed E-state index contributed by atoms with van der Waals surface area (Å²) in [6.45, 7) is 3.56. The van der Waals surface area contributed by atoms with E-state index in [1.54, 1.807) is 6.33 Å². The zero-order valence-electron chi connectivity index (χ0n) is 12.0. The SMILES string of the molecule is Cc1cc(NCCCOc2ccccc2)n2ncnc2c1. The number of nitrogens with one attached hydrogen (secondary N) is 1. The van der Waals surface area contributed by atoms with Gasteiger partial charge in [0, 0.05) is 6.54 Å². The van der Waals surface area contributed by atoms with Gasteiger partial charge in [-0.15, -0.1) is 0 Å². The van der Waals surface area contributed by atoms with Crippen LogP contribution in [0.15, 0.2) is 48.8 Å². The standard InChI is InChI=1S/C16H18N4O/c1-13-10-15(20-16(11-13)18-12-19-20)17-8-5-9-21-14-6-3-2-4-7-14/h2-4,6-7,10-12,17H,5,8-9H2,1H3. The predicted octanol–water partition coefficient (Wildman–Crippen LogP) is 2.92. The normalized spacial score (nSPS) is 10.7. The Labute approximate surface area is 123 Å².